The highest BCUT2D eigenvalue weighted by molar-refractivity contribution is 4.70. The summed E-state index contributed by atoms with van der Waals surface area (Å²) in [7, 11) is 4.61. The minimum absolute atomic E-state index is 1.02. The summed E-state index contributed by atoms with van der Waals surface area (Å²) in [5.74, 6) is 1.02. The van der Waals surface area contributed by atoms with Gasteiger partial charge < -0.3 is 0 Å². The predicted molar refractivity (Wildman–Crippen MR) is 41.3 cm³/mol. The van der Waals surface area contributed by atoms with Gasteiger partial charge in [0.25, 0.3) is 0 Å². The zero-order chi connectivity index (χ0) is 7.19. The van der Waals surface area contributed by atoms with E-state index in [1.165, 1.54) is 37.1 Å². The summed E-state index contributed by atoms with van der Waals surface area (Å²) in [6.45, 7) is 4.08. The van der Waals surface area contributed by atoms with E-state index in [9.17, 15) is 0 Å². The van der Waals surface area contributed by atoms with Gasteiger partial charge >= 0.3 is 0 Å². The second kappa shape index (κ2) is 1.95. The summed E-state index contributed by atoms with van der Waals surface area (Å²) in [5.41, 5.74) is 0. The van der Waals surface area contributed by atoms with E-state index in [0.717, 1.165) is 5.92 Å². The maximum Gasteiger partial charge on any atom is 0.0965 e. The molecule has 0 amide bonds. The molecule has 0 radical (unpaired) electrons. The van der Waals surface area contributed by atoms with Crippen LogP contribution in [0.15, 0.2) is 0 Å². The Morgan fingerprint density at radius 3 is 2.20 bits per heavy atom. The Balaban J connectivity index is 2.17. The third-order valence-corrected chi connectivity index (χ3v) is 3.38. The van der Waals surface area contributed by atoms with Crippen LogP contribution in [0.25, 0.3) is 0 Å². The number of quaternary nitrogens is 1. The first-order chi connectivity index (χ1) is 4.71. The molecule has 3 fully saturated rings. The van der Waals surface area contributed by atoms with Gasteiger partial charge in [-0.05, 0) is 5.92 Å². The van der Waals surface area contributed by atoms with Gasteiger partial charge in [-0.3, -0.25) is 0 Å². The summed E-state index contributed by atoms with van der Waals surface area (Å²) in [6, 6.07) is 0. The van der Waals surface area contributed by atoms with E-state index >= 15 is 0 Å². The fraction of sp³-hybridized carbons (Fsp3) is 1.00. The van der Waals surface area contributed by atoms with Crippen molar-refractivity contribution in [2.45, 2.75) is 12.8 Å². The quantitative estimate of drug-likeness (QED) is 0.449. The first-order valence-electron chi connectivity index (χ1n) is 4.27. The summed E-state index contributed by atoms with van der Waals surface area (Å²) >= 11 is 0. The average Bonchev–Trinajstić information content (AvgIpc) is 1.92. The molecule has 2 heteroatoms. The monoisotopic (exact) mass is 141 g/mol. The number of hydrogen-bond acceptors (Lipinski definition) is 1. The van der Waals surface area contributed by atoms with E-state index < -0.39 is 0 Å². The fourth-order valence-corrected chi connectivity index (χ4v) is 2.27. The molecule has 3 aliphatic heterocycles. The van der Waals surface area contributed by atoms with Crippen LogP contribution < -0.4 is 0 Å². The molecule has 2 bridgehead atoms. The van der Waals surface area contributed by atoms with Crippen LogP contribution in [0.5, 0.6) is 0 Å². The molecule has 3 heterocycles. The zero-order valence-corrected chi connectivity index (χ0v) is 7.01. The highest BCUT2D eigenvalue weighted by atomic mass is 15.7. The SMILES string of the molecule is CN1CC2CC[N+]1(C)CC2. The van der Waals surface area contributed by atoms with Crippen LogP contribution in [-0.4, -0.2) is 43.3 Å². The van der Waals surface area contributed by atoms with E-state index in [1.54, 1.807) is 0 Å². The molecule has 0 unspecified atom stereocenters. The van der Waals surface area contributed by atoms with Crippen molar-refractivity contribution in [1.82, 2.24) is 5.01 Å². The second-order valence-electron chi connectivity index (χ2n) is 4.07. The van der Waals surface area contributed by atoms with Gasteiger partial charge in [-0.1, -0.05) is 0 Å². The summed E-state index contributed by atoms with van der Waals surface area (Å²) in [4.78, 5) is 0. The second-order valence-corrected chi connectivity index (χ2v) is 4.07. The highest BCUT2D eigenvalue weighted by Gasteiger charge is 2.40. The number of piperidine rings is 1. The standard InChI is InChI=1S/C8H17N2/c1-9-7-8-3-5-10(9,2)6-4-8/h8H,3-7H2,1-2H3/q+1. The first-order valence-corrected chi connectivity index (χ1v) is 4.27. The number of hydrogen-bond donors (Lipinski definition) is 0. The van der Waals surface area contributed by atoms with E-state index in [4.69, 9.17) is 0 Å². The fourth-order valence-electron chi connectivity index (χ4n) is 2.27. The normalized spacial score (nSPS) is 48.0. The van der Waals surface area contributed by atoms with Crippen LogP contribution in [0.4, 0.5) is 0 Å². The number of fused-ring (bicyclic) bond motifs is 3. The Hall–Kier alpha value is -0.0800. The summed E-state index contributed by atoms with van der Waals surface area (Å²) < 4.78 is 1.20. The van der Waals surface area contributed by atoms with Crippen LogP contribution in [0.3, 0.4) is 0 Å². The van der Waals surface area contributed by atoms with Crippen LogP contribution in [0, 0.1) is 5.92 Å². The molecule has 0 saturated carbocycles. The Labute approximate surface area is 63.0 Å². The maximum absolute atomic E-state index is 2.50. The van der Waals surface area contributed by atoms with Crippen LogP contribution in [-0.2, 0) is 0 Å². The first kappa shape index (κ1) is 6.62. The molecule has 0 aliphatic carbocycles. The minimum atomic E-state index is 1.02. The lowest BCUT2D eigenvalue weighted by Gasteiger charge is -2.51. The minimum Gasteiger partial charge on any atom is -0.246 e. The largest absolute Gasteiger partial charge is 0.246 e. The van der Waals surface area contributed by atoms with Gasteiger partial charge in [-0.2, -0.15) is 5.01 Å². The van der Waals surface area contributed by atoms with E-state index in [-0.39, 0.29) is 0 Å². The van der Waals surface area contributed by atoms with Crippen molar-refractivity contribution in [2.24, 2.45) is 5.92 Å². The summed E-state index contributed by atoms with van der Waals surface area (Å²) in [6.07, 6.45) is 2.92. The van der Waals surface area contributed by atoms with E-state index in [2.05, 4.69) is 19.1 Å². The molecule has 58 valence electrons. The van der Waals surface area contributed by atoms with Crippen molar-refractivity contribution in [3.8, 4) is 0 Å². The lowest BCUT2D eigenvalue weighted by molar-refractivity contribution is -1.03. The Morgan fingerprint density at radius 2 is 1.90 bits per heavy atom. The number of rotatable bonds is 0. The molecule has 3 rings (SSSR count). The summed E-state index contributed by atoms with van der Waals surface area (Å²) in [5, 5.41) is 2.50. The Bertz CT molecular complexity index is 136. The molecular formula is C8H17N2+. The van der Waals surface area contributed by atoms with Crippen molar-refractivity contribution < 1.29 is 4.59 Å². The Kier molecular flexibility index (Phi) is 1.29. The van der Waals surface area contributed by atoms with Crippen molar-refractivity contribution in [2.75, 3.05) is 33.7 Å². The van der Waals surface area contributed by atoms with Gasteiger partial charge in [-0.15, -0.1) is 0 Å². The van der Waals surface area contributed by atoms with Gasteiger partial charge in [0.2, 0.25) is 0 Å². The maximum atomic E-state index is 2.50. The molecule has 3 saturated heterocycles. The molecular weight excluding hydrogens is 124 g/mol. The van der Waals surface area contributed by atoms with Gasteiger partial charge in [0.1, 0.15) is 0 Å². The van der Waals surface area contributed by atoms with Gasteiger partial charge in [0.15, 0.2) is 0 Å². The smallest absolute Gasteiger partial charge is 0.0965 e. The van der Waals surface area contributed by atoms with Crippen molar-refractivity contribution in [3.05, 3.63) is 0 Å². The molecule has 0 spiro atoms. The van der Waals surface area contributed by atoms with Crippen LogP contribution in [0.2, 0.25) is 0 Å². The van der Waals surface area contributed by atoms with Gasteiger partial charge in [-0.25, -0.2) is 4.59 Å². The lowest BCUT2D eigenvalue weighted by Crippen LogP contribution is -2.65. The molecule has 0 aromatic heterocycles. The van der Waals surface area contributed by atoms with Crippen LogP contribution in [0.1, 0.15) is 12.8 Å². The van der Waals surface area contributed by atoms with Gasteiger partial charge in [0.05, 0.1) is 26.7 Å². The van der Waals surface area contributed by atoms with Crippen molar-refractivity contribution >= 4 is 0 Å². The average molecular weight is 141 g/mol. The molecule has 2 nitrogen and oxygen atoms in total. The predicted octanol–water partition coefficient (Wildman–Crippen LogP) is 0.703. The topological polar surface area (TPSA) is 3.24 Å². The van der Waals surface area contributed by atoms with Crippen molar-refractivity contribution in [1.29, 1.82) is 0 Å². The third kappa shape index (κ3) is 0.789. The Morgan fingerprint density at radius 1 is 1.30 bits per heavy atom. The molecule has 0 aromatic carbocycles. The lowest BCUT2D eigenvalue weighted by atomic mass is 9.93. The van der Waals surface area contributed by atoms with E-state index in [0.29, 0.717) is 0 Å². The zero-order valence-electron chi connectivity index (χ0n) is 7.01. The number of nitrogens with zero attached hydrogens (tertiary/aromatic N) is 2. The van der Waals surface area contributed by atoms with Crippen LogP contribution >= 0.6 is 0 Å². The molecule has 0 N–H and O–H groups in total. The molecule has 10 heavy (non-hydrogen) atoms. The molecule has 3 aliphatic rings. The third-order valence-electron chi connectivity index (χ3n) is 3.38. The molecule has 0 atom stereocenters. The van der Waals surface area contributed by atoms with Gasteiger partial charge in [0, 0.05) is 19.9 Å². The van der Waals surface area contributed by atoms with Crippen molar-refractivity contribution in [3.63, 3.8) is 0 Å². The highest BCUT2D eigenvalue weighted by Crippen LogP contribution is 2.30. The molecule has 0 aromatic rings. The van der Waals surface area contributed by atoms with E-state index in [1.807, 2.05) is 0 Å².